The minimum absolute atomic E-state index is 0. The third-order valence-electron chi connectivity index (χ3n) is 5.16. The maximum absolute atomic E-state index is 12.7. The SMILES string of the molecule is CN=C(NCCc1ccc(NC(C)=O)cc1)NC1CCN(c2ccccc2OC(F)F)C1.I. The molecule has 1 amide bonds. The molecule has 0 radical (unpaired) electrons. The van der Waals surface area contributed by atoms with Crippen LogP contribution in [-0.4, -0.2) is 51.2 Å². The normalized spacial score (nSPS) is 15.7. The molecule has 0 aromatic heterocycles. The molecule has 1 aliphatic heterocycles. The van der Waals surface area contributed by atoms with Gasteiger partial charge in [-0.05, 0) is 42.7 Å². The molecule has 1 heterocycles. The fourth-order valence-corrected chi connectivity index (χ4v) is 3.68. The largest absolute Gasteiger partial charge is 0.433 e. The summed E-state index contributed by atoms with van der Waals surface area (Å²) < 4.78 is 30.1. The van der Waals surface area contributed by atoms with Gasteiger partial charge in [-0.25, -0.2) is 0 Å². The molecule has 0 aliphatic carbocycles. The van der Waals surface area contributed by atoms with E-state index in [-0.39, 0.29) is 41.7 Å². The van der Waals surface area contributed by atoms with E-state index < -0.39 is 6.61 Å². The van der Waals surface area contributed by atoms with E-state index in [0.717, 1.165) is 30.6 Å². The van der Waals surface area contributed by atoms with Crippen molar-refractivity contribution < 1.29 is 18.3 Å². The zero-order chi connectivity index (χ0) is 22.9. The molecule has 7 nitrogen and oxygen atoms in total. The van der Waals surface area contributed by atoms with Crippen LogP contribution in [0.25, 0.3) is 0 Å². The zero-order valence-electron chi connectivity index (χ0n) is 18.7. The monoisotopic (exact) mass is 573 g/mol. The third kappa shape index (κ3) is 8.34. The molecule has 0 spiro atoms. The van der Waals surface area contributed by atoms with Crippen LogP contribution in [0, 0.1) is 0 Å². The topological polar surface area (TPSA) is 78.0 Å². The van der Waals surface area contributed by atoms with Gasteiger partial charge in [-0.15, -0.1) is 24.0 Å². The lowest BCUT2D eigenvalue weighted by Gasteiger charge is -2.22. The summed E-state index contributed by atoms with van der Waals surface area (Å²) in [6, 6.07) is 14.7. The van der Waals surface area contributed by atoms with Crippen molar-refractivity contribution in [2.24, 2.45) is 4.99 Å². The molecule has 1 aliphatic rings. The highest BCUT2D eigenvalue weighted by atomic mass is 127. The molecule has 33 heavy (non-hydrogen) atoms. The van der Waals surface area contributed by atoms with Crippen LogP contribution in [0.15, 0.2) is 53.5 Å². The molecule has 1 fully saturated rings. The van der Waals surface area contributed by atoms with Crippen LogP contribution in [0.5, 0.6) is 5.75 Å². The maximum atomic E-state index is 12.7. The van der Waals surface area contributed by atoms with E-state index in [2.05, 4.69) is 25.7 Å². The quantitative estimate of drug-likeness (QED) is 0.254. The highest BCUT2D eigenvalue weighted by molar-refractivity contribution is 14.0. The number of ether oxygens (including phenoxy) is 1. The Morgan fingerprint density at radius 2 is 1.94 bits per heavy atom. The Morgan fingerprint density at radius 3 is 2.61 bits per heavy atom. The van der Waals surface area contributed by atoms with Crippen molar-refractivity contribution in [2.75, 3.05) is 36.9 Å². The average molecular weight is 573 g/mol. The van der Waals surface area contributed by atoms with Crippen molar-refractivity contribution in [3.05, 3.63) is 54.1 Å². The molecule has 2 aromatic rings. The van der Waals surface area contributed by atoms with E-state index in [1.54, 1.807) is 25.2 Å². The second-order valence-corrected chi connectivity index (χ2v) is 7.55. The molecule has 3 N–H and O–H groups in total. The number of guanidine groups is 1. The molecule has 1 saturated heterocycles. The zero-order valence-corrected chi connectivity index (χ0v) is 21.0. The van der Waals surface area contributed by atoms with Crippen molar-refractivity contribution >= 4 is 47.2 Å². The van der Waals surface area contributed by atoms with E-state index >= 15 is 0 Å². The molecular formula is C23H30F2IN5O2. The fraction of sp³-hybridized carbons (Fsp3) is 0.391. The molecule has 2 aromatic carbocycles. The molecule has 1 unspecified atom stereocenters. The predicted molar refractivity (Wildman–Crippen MR) is 138 cm³/mol. The third-order valence-corrected chi connectivity index (χ3v) is 5.16. The Balaban J connectivity index is 0.00000385. The van der Waals surface area contributed by atoms with E-state index in [4.69, 9.17) is 0 Å². The molecule has 3 rings (SSSR count). The number of carbonyl (C=O) groups excluding carboxylic acids is 1. The van der Waals surface area contributed by atoms with Gasteiger partial charge in [0.05, 0.1) is 5.69 Å². The summed E-state index contributed by atoms with van der Waals surface area (Å²) >= 11 is 0. The standard InChI is InChI=1S/C23H29F2N5O2.HI/c1-16(31)28-18-9-7-17(8-10-18)11-13-27-23(26-2)29-19-12-14-30(15-19)20-5-3-4-6-21(20)32-22(24)25;/h3-10,19,22H,11-15H2,1-2H3,(H,28,31)(H2,26,27,29);1H. The summed E-state index contributed by atoms with van der Waals surface area (Å²) in [5.41, 5.74) is 2.59. The first-order chi connectivity index (χ1) is 15.4. The fourth-order valence-electron chi connectivity index (χ4n) is 3.68. The molecular weight excluding hydrogens is 543 g/mol. The van der Waals surface area contributed by atoms with Crippen LogP contribution < -0.4 is 25.6 Å². The minimum Gasteiger partial charge on any atom is -0.433 e. The summed E-state index contributed by atoms with van der Waals surface area (Å²) in [7, 11) is 1.72. The Bertz CT molecular complexity index is 927. The Morgan fingerprint density at radius 1 is 1.21 bits per heavy atom. The Labute approximate surface area is 210 Å². The maximum Gasteiger partial charge on any atom is 0.387 e. The number of nitrogens with one attached hydrogen (secondary N) is 3. The lowest BCUT2D eigenvalue weighted by atomic mass is 10.1. The summed E-state index contributed by atoms with van der Waals surface area (Å²) in [6.45, 7) is 0.724. The smallest absolute Gasteiger partial charge is 0.387 e. The van der Waals surface area contributed by atoms with Gasteiger partial charge in [0.25, 0.3) is 0 Å². The van der Waals surface area contributed by atoms with E-state index in [9.17, 15) is 13.6 Å². The minimum atomic E-state index is -2.85. The average Bonchev–Trinajstić information content (AvgIpc) is 3.22. The number of halogens is 3. The number of amides is 1. The number of hydrogen-bond donors (Lipinski definition) is 3. The number of hydrogen-bond acceptors (Lipinski definition) is 4. The van der Waals surface area contributed by atoms with Gasteiger partial charge >= 0.3 is 6.61 Å². The van der Waals surface area contributed by atoms with Crippen LogP contribution in [-0.2, 0) is 11.2 Å². The van der Waals surface area contributed by atoms with Crippen molar-refractivity contribution in [3.8, 4) is 5.75 Å². The van der Waals surface area contributed by atoms with Crippen molar-refractivity contribution in [2.45, 2.75) is 32.4 Å². The van der Waals surface area contributed by atoms with Crippen LogP contribution in [0.3, 0.4) is 0 Å². The Hall–Kier alpha value is -2.63. The van der Waals surface area contributed by atoms with Crippen LogP contribution in [0.4, 0.5) is 20.2 Å². The first kappa shape index (κ1) is 26.6. The van der Waals surface area contributed by atoms with Gasteiger partial charge in [-0.2, -0.15) is 8.78 Å². The number of anilines is 2. The first-order valence-corrected chi connectivity index (χ1v) is 10.6. The highest BCUT2D eigenvalue weighted by Gasteiger charge is 2.26. The van der Waals surface area contributed by atoms with Gasteiger partial charge in [0.15, 0.2) is 5.96 Å². The van der Waals surface area contributed by atoms with Crippen molar-refractivity contribution in [1.82, 2.24) is 10.6 Å². The molecule has 0 saturated carbocycles. The van der Waals surface area contributed by atoms with Gasteiger partial charge in [0.2, 0.25) is 5.91 Å². The van der Waals surface area contributed by atoms with Gasteiger partial charge in [-0.1, -0.05) is 24.3 Å². The first-order valence-electron chi connectivity index (χ1n) is 10.6. The highest BCUT2D eigenvalue weighted by Crippen LogP contribution is 2.31. The second-order valence-electron chi connectivity index (χ2n) is 7.55. The number of para-hydroxylation sites is 2. The predicted octanol–water partition coefficient (Wildman–Crippen LogP) is 3.85. The van der Waals surface area contributed by atoms with Crippen molar-refractivity contribution in [3.63, 3.8) is 0 Å². The molecule has 1 atom stereocenters. The number of aliphatic imine (C=N–C) groups is 1. The van der Waals surface area contributed by atoms with E-state index in [1.165, 1.54) is 6.92 Å². The number of benzene rings is 2. The van der Waals surface area contributed by atoms with Gasteiger partial charge in [0.1, 0.15) is 5.75 Å². The van der Waals surface area contributed by atoms with E-state index in [1.807, 2.05) is 35.2 Å². The van der Waals surface area contributed by atoms with Crippen LogP contribution in [0.2, 0.25) is 0 Å². The number of nitrogens with zero attached hydrogens (tertiary/aromatic N) is 2. The summed E-state index contributed by atoms with van der Waals surface area (Å²) in [4.78, 5) is 17.4. The molecule has 0 bridgehead atoms. The van der Waals surface area contributed by atoms with Crippen LogP contribution >= 0.6 is 24.0 Å². The number of alkyl halides is 2. The molecule has 180 valence electrons. The van der Waals surface area contributed by atoms with Crippen molar-refractivity contribution in [1.29, 1.82) is 0 Å². The lowest BCUT2D eigenvalue weighted by Crippen LogP contribution is -2.45. The second kappa shape index (κ2) is 13.2. The van der Waals surface area contributed by atoms with Gasteiger partial charge in [0, 0.05) is 45.3 Å². The Kier molecular flexibility index (Phi) is 10.6. The number of rotatable bonds is 8. The summed E-state index contributed by atoms with van der Waals surface area (Å²) in [5.74, 6) is 0.795. The van der Waals surface area contributed by atoms with Gasteiger partial charge in [-0.3, -0.25) is 9.79 Å². The lowest BCUT2D eigenvalue weighted by molar-refractivity contribution is -0.114. The molecule has 10 heteroatoms. The van der Waals surface area contributed by atoms with Crippen LogP contribution in [0.1, 0.15) is 18.9 Å². The summed E-state index contributed by atoms with van der Waals surface area (Å²) in [6.07, 6.45) is 1.66. The summed E-state index contributed by atoms with van der Waals surface area (Å²) in [5, 5.41) is 9.47. The van der Waals surface area contributed by atoms with E-state index in [0.29, 0.717) is 24.7 Å². The number of carbonyl (C=O) groups is 1. The van der Waals surface area contributed by atoms with Gasteiger partial charge < -0.3 is 25.6 Å².